The maximum Gasteiger partial charge on any atom is 0.265 e. The van der Waals surface area contributed by atoms with Gasteiger partial charge in [0.15, 0.2) is 11.5 Å². The fourth-order valence-corrected chi connectivity index (χ4v) is 4.74. The SMILES string of the molecule is O=C(NCCc1nc2c(s1)CCC2)c1scc2c1OCCO2. The Balaban J connectivity index is 1.35. The van der Waals surface area contributed by atoms with Gasteiger partial charge in [-0.15, -0.1) is 22.7 Å². The third kappa shape index (κ3) is 2.59. The molecule has 116 valence electrons. The van der Waals surface area contributed by atoms with Crippen LogP contribution >= 0.6 is 22.7 Å². The second-order valence-corrected chi connectivity index (χ2v) is 7.34. The molecule has 0 fully saturated rings. The van der Waals surface area contributed by atoms with Gasteiger partial charge in [-0.1, -0.05) is 0 Å². The first kappa shape index (κ1) is 14.0. The molecule has 0 radical (unpaired) electrons. The first-order chi connectivity index (χ1) is 10.8. The van der Waals surface area contributed by atoms with Crippen molar-refractivity contribution < 1.29 is 14.3 Å². The first-order valence-electron chi connectivity index (χ1n) is 7.44. The summed E-state index contributed by atoms with van der Waals surface area (Å²) in [7, 11) is 0. The van der Waals surface area contributed by atoms with Crippen LogP contribution in [0.1, 0.15) is 31.7 Å². The van der Waals surface area contributed by atoms with Gasteiger partial charge in [-0.05, 0) is 19.3 Å². The molecule has 0 saturated carbocycles. The zero-order valence-electron chi connectivity index (χ0n) is 12.0. The van der Waals surface area contributed by atoms with Gasteiger partial charge in [0, 0.05) is 23.2 Å². The number of nitrogens with one attached hydrogen (secondary N) is 1. The second-order valence-electron chi connectivity index (χ2n) is 5.29. The van der Waals surface area contributed by atoms with Crippen LogP contribution in [0.4, 0.5) is 0 Å². The van der Waals surface area contributed by atoms with E-state index in [0.29, 0.717) is 36.1 Å². The Morgan fingerprint density at radius 2 is 2.23 bits per heavy atom. The molecular formula is C15H16N2O3S2. The van der Waals surface area contributed by atoms with Gasteiger partial charge in [0.25, 0.3) is 5.91 Å². The Bertz CT molecular complexity index is 686. The monoisotopic (exact) mass is 336 g/mol. The van der Waals surface area contributed by atoms with Crippen molar-refractivity contribution in [3.63, 3.8) is 0 Å². The largest absolute Gasteiger partial charge is 0.485 e. The highest BCUT2D eigenvalue weighted by atomic mass is 32.1. The summed E-state index contributed by atoms with van der Waals surface area (Å²) in [5.41, 5.74) is 1.27. The Hall–Kier alpha value is -1.60. The zero-order chi connectivity index (χ0) is 14.9. The van der Waals surface area contributed by atoms with Crippen molar-refractivity contribution in [2.45, 2.75) is 25.7 Å². The number of thiophene rings is 1. The van der Waals surface area contributed by atoms with Gasteiger partial charge in [0.05, 0.1) is 10.7 Å². The third-order valence-electron chi connectivity index (χ3n) is 3.77. The van der Waals surface area contributed by atoms with Gasteiger partial charge in [0.2, 0.25) is 0 Å². The van der Waals surface area contributed by atoms with Crippen LogP contribution in [-0.2, 0) is 19.3 Å². The van der Waals surface area contributed by atoms with Gasteiger partial charge < -0.3 is 14.8 Å². The molecule has 1 aliphatic carbocycles. The quantitative estimate of drug-likeness (QED) is 0.931. The average molecular weight is 336 g/mol. The smallest absolute Gasteiger partial charge is 0.265 e. The summed E-state index contributed by atoms with van der Waals surface area (Å²) in [4.78, 5) is 18.9. The van der Waals surface area contributed by atoms with Crippen LogP contribution in [0.25, 0.3) is 0 Å². The van der Waals surface area contributed by atoms with Crippen LogP contribution in [0, 0.1) is 0 Å². The summed E-state index contributed by atoms with van der Waals surface area (Å²) < 4.78 is 11.0. The molecule has 0 unspecified atom stereocenters. The maximum atomic E-state index is 12.3. The van der Waals surface area contributed by atoms with Crippen molar-refractivity contribution in [3.05, 3.63) is 25.8 Å². The van der Waals surface area contributed by atoms with E-state index in [1.54, 1.807) is 11.3 Å². The molecular weight excluding hydrogens is 320 g/mol. The molecule has 1 aliphatic heterocycles. The fraction of sp³-hybridized carbons (Fsp3) is 0.467. The third-order valence-corrected chi connectivity index (χ3v) is 5.93. The van der Waals surface area contributed by atoms with E-state index in [9.17, 15) is 4.79 Å². The molecule has 5 nitrogen and oxygen atoms in total. The lowest BCUT2D eigenvalue weighted by Crippen LogP contribution is -2.26. The molecule has 1 N–H and O–H groups in total. The number of fused-ring (bicyclic) bond motifs is 2. The van der Waals surface area contributed by atoms with E-state index in [0.717, 1.165) is 24.3 Å². The first-order valence-corrected chi connectivity index (χ1v) is 9.13. The van der Waals surface area contributed by atoms with Gasteiger partial charge in [-0.3, -0.25) is 4.79 Å². The predicted octanol–water partition coefficient (Wildman–Crippen LogP) is 2.44. The molecule has 2 aromatic rings. The summed E-state index contributed by atoms with van der Waals surface area (Å²) in [6.07, 6.45) is 4.29. The number of carbonyl (C=O) groups is 1. The molecule has 0 saturated heterocycles. The minimum atomic E-state index is -0.0964. The Morgan fingerprint density at radius 1 is 1.32 bits per heavy atom. The van der Waals surface area contributed by atoms with Crippen LogP contribution in [0.3, 0.4) is 0 Å². The number of hydrogen-bond acceptors (Lipinski definition) is 6. The van der Waals surface area contributed by atoms with E-state index in [-0.39, 0.29) is 5.91 Å². The normalized spacial score (nSPS) is 15.6. The number of nitrogens with zero attached hydrogens (tertiary/aromatic N) is 1. The summed E-state index contributed by atoms with van der Waals surface area (Å²) in [6, 6.07) is 0. The van der Waals surface area contributed by atoms with Crippen molar-refractivity contribution in [1.29, 1.82) is 0 Å². The van der Waals surface area contributed by atoms with E-state index in [2.05, 4.69) is 10.3 Å². The number of ether oxygens (including phenoxy) is 2. The minimum absolute atomic E-state index is 0.0964. The van der Waals surface area contributed by atoms with Crippen molar-refractivity contribution in [2.24, 2.45) is 0 Å². The van der Waals surface area contributed by atoms with Crippen molar-refractivity contribution >= 4 is 28.6 Å². The molecule has 22 heavy (non-hydrogen) atoms. The van der Waals surface area contributed by atoms with E-state index < -0.39 is 0 Å². The minimum Gasteiger partial charge on any atom is -0.485 e. The molecule has 1 amide bonds. The number of amides is 1. The summed E-state index contributed by atoms with van der Waals surface area (Å²) >= 11 is 3.15. The average Bonchev–Trinajstić information content (AvgIpc) is 3.20. The fourth-order valence-electron chi connectivity index (χ4n) is 2.73. The van der Waals surface area contributed by atoms with Crippen LogP contribution in [0.2, 0.25) is 0 Å². The molecule has 7 heteroatoms. The maximum absolute atomic E-state index is 12.3. The molecule has 2 aliphatic rings. The predicted molar refractivity (Wildman–Crippen MR) is 85.5 cm³/mol. The lowest BCUT2D eigenvalue weighted by molar-refractivity contribution is 0.0949. The Kier molecular flexibility index (Phi) is 3.75. The zero-order valence-corrected chi connectivity index (χ0v) is 13.6. The molecule has 0 atom stereocenters. The number of aryl methyl sites for hydroxylation is 2. The molecule has 2 aromatic heterocycles. The van der Waals surface area contributed by atoms with Crippen LogP contribution < -0.4 is 14.8 Å². The molecule has 3 heterocycles. The summed E-state index contributed by atoms with van der Waals surface area (Å²) in [5, 5.41) is 5.90. The number of rotatable bonds is 4. The summed E-state index contributed by atoms with van der Waals surface area (Å²) in [5.74, 6) is 1.17. The van der Waals surface area contributed by atoms with Crippen molar-refractivity contribution in [2.75, 3.05) is 19.8 Å². The van der Waals surface area contributed by atoms with E-state index in [1.807, 2.05) is 5.38 Å². The molecule has 0 aromatic carbocycles. The topological polar surface area (TPSA) is 60.5 Å². The lowest BCUT2D eigenvalue weighted by Gasteiger charge is -2.15. The van der Waals surface area contributed by atoms with E-state index >= 15 is 0 Å². The van der Waals surface area contributed by atoms with Gasteiger partial charge in [-0.2, -0.15) is 0 Å². The van der Waals surface area contributed by atoms with E-state index in [1.165, 1.54) is 28.3 Å². The highest BCUT2D eigenvalue weighted by Crippen LogP contribution is 2.39. The highest BCUT2D eigenvalue weighted by molar-refractivity contribution is 7.12. The van der Waals surface area contributed by atoms with Gasteiger partial charge >= 0.3 is 0 Å². The van der Waals surface area contributed by atoms with Crippen LogP contribution in [0.5, 0.6) is 11.5 Å². The number of hydrogen-bond donors (Lipinski definition) is 1. The Morgan fingerprint density at radius 3 is 3.14 bits per heavy atom. The van der Waals surface area contributed by atoms with Crippen LogP contribution in [0.15, 0.2) is 5.38 Å². The van der Waals surface area contributed by atoms with Gasteiger partial charge in [0.1, 0.15) is 18.1 Å². The highest BCUT2D eigenvalue weighted by Gasteiger charge is 2.23. The van der Waals surface area contributed by atoms with E-state index in [4.69, 9.17) is 9.47 Å². The number of carbonyl (C=O) groups excluding carboxylic acids is 1. The number of aromatic nitrogens is 1. The molecule has 0 spiro atoms. The van der Waals surface area contributed by atoms with Crippen molar-refractivity contribution in [1.82, 2.24) is 10.3 Å². The number of thiazole rings is 1. The van der Waals surface area contributed by atoms with Gasteiger partial charge in [-0.25, -0.2) is 4.98 Å². The van der Waals surface area contributed by atoms with Crippen molar-refractivity contribution in [3.8, 4) is 11.5 Å². The van der Waals surface area contributed by atoms with Crippen LogP contribution in [-0.4, -0.2) is 30.6 Å². The lowest BCUT2D eigenvalue weighted by atomic mass is 10.3. The Labute approximate surface area is 136 Å². The molecule has 4 rings (SSSR count). The standard InChI is InChI=1S/C15H16N2O3S2/c18-15(14-13-10(8-21-14)19-6-7-20-13)16-5-4-12-17-9-2-1-3-11(9)22-12/h8H,1-7H2,(H,16,18). The summed E-state index contributed by atoms with van der Waals surface area (Å²) in [6.45, 7) is 1.63. The second kappa shape index (κ2) is 5.89. The molecule has 0 bridgehead atoms.